The van der Waals surface area contributed by atoms with Crippen LogP contribution in [0, 0.1) is 19.3 Å². The van der Waals surface area contributed by atoms with Gasteiger partial charge in [-0.3, -0.25) is 4.79 Å². The van der Waals surface area contributed by atoms with Crippen LogP contribution in [0.25, 0.3) is 0 Å². The van der Waals surface area contributed by atoms with Gasteiger partial charge in [-0.25, -0.2) is 8.42 Å². The Kier molecular flexibility index (Phi) is 9.11. The van der Waals surface area contributed by atoms with Crippen molar-refractivity contribution in [3.63, 3.8) is 0 Å². The highest BCUT2D eigenvalue weighted by atomic mass is 32.2. The van der Waals surface area contributed by atoms with E-state index >= 15 is 0 Å². The number of aryl methyl sites for hydroxylation is 1. The molecule has 0 saturated heterocycles. The van der Waals surface area contributed by atoms with E-state index in [-0.39, 0.29) is 24.5 Å². The molecule has 0 fully saturated rings. The van der Waals surface area contributed by atoms with E-state index in [9.17, 15) is 13.2 Å². The lowest BCUT2D eigenvalue weighted by molar-refractivity contribution is -0.147. The molecular weight excluding hydrogens is 350 g/mol. The van der Waals surface area contributed by atoms with Crippen LogP contribution in [-0.4, -0.2) is 37.9 Å². The summed E-state index contributed by atoms with van der Waals surface area (Å²) in [6.45, 7) is 5.79. The zero-order chi connectivity index (χ0) is 19.6. The first-order valence-electron chi connectivity index (χ1n) is 8.72. The largest absolute Gasteiger partial charge is 0.465 e. The number of unbranched alkanes of at least 4 members (excludes halogenated alkanes) is 1. The predicted octanol–water partition coefficient (Wildman–Crippen LogP) is 3.30. The molecule has 5 nitrogen and oxygen atoms in total. The number of esters is 1. The lowest BCUT2D eigenvalue weighted by atomic mass is 10.2. The van der Waals surface area contributed by atoms with Gasteiger partial charge in [0.15, 0.2) is 0 Å². The summed E-state index contributed by atoms with van der Waals surface area (Å²) in [5, 5.41) is 0. The quantitative estimate of drug-likeness (QED) is 0.357. The van der Waals surface area contributed by atoms with E-state index in [0.29, 0.717) is 0 Å². The molecule has 0 amide bonds. The van der Waals surface area contributed by atoms with Crippen molar-refractivity contribution in [2.45, 2.75) is 51.0 Å². The fourth-order valence-electron chi connectivity index (χ4n) is 2.35. The molecular formula is C20H27NO4S. The number of terminal acetylenes is 1. The van der Waals surface area contributed by atoms with Gasteiger partial charge in [0.1, 0.15) is 6.04 Å². The molecule has 1 aromatic carbocycles. The number of carbonyl (C=O) groups excluding carboxylic acids is 1. The van der Waals surface area contributed by atoms with Gasteiger partial charge in [0.25, 0.3) is 0 Å². The summed E-state index contributed by atoms with van der Waals surface area (Å²) in [5.41, 5.74) is 0.948. The number of ether oxygens (including phenoxy) is 1. The lowest BCUT2D eigenvalue weighted by Crippen LogP contribution is -2.45. The van der Waals surface area contributed by atoms with E-state index in [2.05, 4.69) is 5.92 Å². The summed E-state index contributed by atoms with van der Waals surface area (Å²) in [4.78, 5) is 12.5. The van der Waals surface area contributed by atoms with E-state index in [1.165, 1.54) is 12.1 Å². The van der Waals surface area contributed by atoms with Crippen LogP contribution < -0.4 is 0 Å². The SMILES string of the molecule is C#CCC(C(=O)OCC)N(C/C=C\CCC)S(=O)(=O)c1ccc(C)cc1. The van der Waals surface area contributed by atoms with E-state index in [1.54, 1.807) is 25.1 Å². The van der Waals surface area contributed by atoms with Crippen LogP contribution in [-0.2, 0) is 19.6 Å². The minimum absolute atomic E-state index is 0.0501. The van der Waals surface area contributed by atoms with Gasteiger partial charge < -0.3 is 4.74 Å². The summed E-state index contributed by atoms with van der Waals surface area (Å²) in [6, 6.07) is 5.45. The molecule has 142 valence electrons. The Morgan fingerprint density at radius 1 is 1.27 bits per heavy atom. The van der Waals surface area contributed by atoms with Crippen molar-refractivity contribution >= 4 is 16.0 Å². The number of benzene rings is 1. The van der Waals surface area contributed by atoms with Crippen LogP contribution in [0.5, 0.6) is 0 Å². The van der Waals surface area contributed by atoms with Crippen LogP contribution in [0.3, 0.4) is 0 Å². The third kappa shape index (κ3) is 6.01. The molecule has 0 radical (unpaired) electrons. The second-order valence-electron chi connectivity index (χ2n) is 5.82. The summed E-state index contributed by atoms with van der Waals surface area (Å²) in [6.07, 6.45) is 10.8. The average Bonchev–Trinajstić information content (AvgIpc) is 2.61. The third-order valence-corrected chi connectivity index (χ3v) is 5.64. The molecule has 1 aromatic rings. The predicted molar refractivity (Wildman–Crippen MR) is 103 cm³/mol. The summed E-state index contributed by atoms with van der Waals surface area (Å²) < 4.78 is 32.5. The molecule has 6 heteroatoms. The van der Waals surface area contributed by atoms with E-state index < -0.39 is 22.0 Å². The molecule has 1 unspecified atom stereocenters. The average molecular weight is 378 g/mol. The highest BCUT2D eigenvalue weighted by Gasteiger charge is 2.35. The van der Waals surface area contributed by atoms with Gasteiger partial charge in [-0.15, -0.1) is 12.3 Å². The van der Waals surface area contributed by atoms with Gasteiger partial charge in [0.2, 0.25) is 10.0 Å². The Labute approximate surface area is 157 Å². The van der Waals surface area contributed by atoms with Crippen molar-refractivity contribution in [2.24, 2.45) is 0 Å². The van der Waals surface area contributed by atoms with Crippen molar-refractivity contribution < 1.29 is 17.9 Å². The molecule has 0 aliphatic rings. The fourth-order valence-corrected chi connectivity index (χ4v) is 3.88. The number of hydrogen-bond acceptors (Lipinski definition) is 4. The van der Waals surface area contributed by atoms with E-state index in [4.69, 9.17) is 11.2 Å². The number of rotatable bonds is 10. The van der Waals surface area contributed by atoms with Gasteiger partial charge in [-0.1, -0.05) is 43.2 Å². The summed E-state index contributed by atoms with van der Waals surface area (Å²) in [5.74, 6) is 1.76. The maximum Gasteiger partial charge on any atom is 0.325 e. The van der Waals surface area contributed by atoms with Crippen LogP contribution in [0.4, 0.5) is 0 Å². The minimum atomic E-state index is -3.90. The summed E-state index contributed by atoms with van der Waals surface area (Å²) >= 11 is 0. The number of sulfonamides is 1. The monoisotopic (exact) mass is 377 g/mol. The topological polar surface area (TPSA) is 63.7 Å². The first-order chi connectivity index (χ1) is 12.4. The third-order valence-electron chi connectivity index (χ3n) is 3.75. The van der Waals surface area contributed by atoms with Gasteiger partial charge >= 0.3 is 5.97 Å². The highest BCUT2D eigenvalue weighted by molar-refractivity contribution is 7.89. The molecule has 0 N–H and O–H groups in total. The number of allylic oxidation sites excluding steroid dienone is 1. The van der Waals surface area contributed by atoms with Crippen molar-refractivity contribution in [3.05, 3.63) is 42.0 Å². The number of nitrogens with zero attached hydrogens (tertiary/aromatic N) is 1. The van der Waals surface area contributed by atoms with Gasteiger partial charge in [-0.05, 0) is 32.4 Å². The second kappa shape index (κ2) is 10.8. The van der Waals surface area contributed by atoms with Crippen LogP contribution in [0.15, 0.2) is 41.3 Å². The first kappa shape index (κ1) is 21.9. The standard InChI is InChI=1S/C20H27NO4S/c1-5-8-9-10-16-21(19(11-6-2)20(22)25-7-3)26(23,24)18-14-12-17(4)13-15-18/h2,9-10,12-15,19H,5,7-8,11,16H2,1,3-4H3/b10-9-. The minimum Gasteiger partial charge on any atom is -0.465 e. The van der Waals surface area contributed by atoms with Crippen LogP contribution >= 0.6 is 0 Å². The molecule has 0 heterocycles. The molecule has 26 heavy (non-hydrogen) atoms. The fraction of sp³-hybridized carbons (Fsp3) is 0.450. The lowest BCUT2D eigenvalue weighted by Gasteiger charge is -2.27. The summed E-state index contributed by atoms with van der Waals surface area (Å²) in [7, 11) is -3.90. The molecule has 0 aromatic heterocycles. The molecule has 0 saturated carbocycles. The zero-order valence-electron chi connectivity index (χ0n) is 15.6. The van der Waals surface area contributed by atoms with E-state index in [0.717, 1.165) is 22.7 Å². The van der Waals surface area contributed by atoms with Gasteiger partial charge in [-0.2, -0.15) is 4.31 Å². The molecule has 1 atom stereocenters. The Hall–Kier alpha value is -2.10. The van der Waals surface area contributed by atoms with Crippen molar-refractivity contribution in [1.29, 1.82) is 0 Å². The Bertz CT molecular complexity index is 745. The maximum absolute atomic E-state index is 13.1. The normalized spacial score (nSPS) is 12.9. The van der Waals surface area contributed by atoms with Crippen LogP contribution in [0.2, 0.25) is 0 Å². The smallest absolute Gasteiger partial charge is 0.325 e. The molecule has 0 aliphatic carbocycles. The molecule has 0 bridgehead atoms. The maximum atomic E-state index is 13.1. The second-order valence-corrected chi connectivity index (χ2v) is 7.71. The zero-order valence-corrected chi connectivity index (χ0v) is 16.5. The number of hydrogen-bond donors (Lipinski definition) is 0. The van der Waals surface area contributed by atoms with Crippen LogP contribution in [0.1, 0.15) is 38.7 Å². The Balaban J connectivity index is 3.30. The van der Waals surface area contributed by atoms with E-state index in [1.807, 2.05) is 19.9 Å². The Morgan fingerprint density at radius 2 is 1.92 bits per heavy atom. The Morgan fingerprint density at radius 3 is 2.46 bits per heavy atom. The van der Waals surface area contributed by atoms with Crippen molar-refractivity contribution in [1.82, 2.24) is 4.31 Å². The van der Waals surface area contributed by atoms with Gasteiger partial charge in [0.05, 0.1) is 11.5 Å². The number of carbonyl (C=O) groups is 1. The van der Waals surface area contributed by atoms with Crippen molar-refractivity contribution in [3.8, 4) is 12.3 Å². The first-order valence-corrected chi connectivity index (χ1v) is 10.2. The van der Waals surface area contributed by atoms with Crippen molar-refractivity contribution in [2.75, 3.05) is 13.2 Å². The molecule has 0 aliphatic heterocycles. The highest BCUT2D eigenvalue weighted by Crippen LogP contribution is 2.21. The van der Waals surface area contributed by atoms with Gasteiger partial charge in [0, 0.05) is 13.0 Å². The molecule has 1 rings (SSSR count). The molecule has 0 spiro atoms.